The van der Waals surface area contributed by atoms with Crippen LogP contribution in [0.3, 0.4) is 0 Å². The summed E-state index contributed by atoms with van der Waals surface area (Å²) in [5.41, 5.74) is 0.626. The van der Waals surface area contributed by atoms with Crippen molar-refractivity contribution < 1.29 is 4.39 Å². The number of rotatable bonds is 4. The van der Waals surface area contributed by atoms with Gasteiger partial charge in [0.15, 0.2) is 0 Å². The van der Waals surface area contributed by atoms with Gasteiger partial charge in [-0.15, -0.1) is 0 Å². The topological polar surface area (TPSA) is 37.8 Å². The first-order valence-corrected chi connectivity index (χ1v) is 6.25. The number of hydrogen-bond donors (Lipinski definition) is 1. The number of halogens is 1. The summed E-state index contributed by atoms with van der Waals surface area (Å²) in [6.07, 6.45) is 0.433. The summed E-state index contributed by atoms with van der Waals surface area (Å²) < 4.78 is 17.6. The first-order chi connectivity index (χ1) is 8.15. The van der Waals surface area contributed by atoms with Crippen molar-refractivity contribution in [2.45, 2.75) is 26.3 Å². The van der Waals surface area contributed by atoms with Gasteiger partial charge in [-0.05, 0) is 25.5 Å². The molecular formula is C12H14FN3S. The lowest BCUT2D eigenvalue weighted by Crippen LogP contribution is -2.09. The number of benzene rings is 1. The first kappa shape index (κ1) is 12.0. The van der Waals surface area contributed by atoms with Gasteiger partial charge in [0.05, 0.1) is 0 Å². The maximum atomic E-state index is 13.4. The summed E-state index contributed by atoms with van der Waals surface area (Å²) >= 11 is 1.31. The Morgan fingerprint density at radius 1 is 1.35 bits per heavy atom. The van der Waals surface area contributed by atoms with E-state index in [-0.39, 0.29) is 5.82 Å². The Labute approximate surface area is 104 Å². The molecule has 0 radical (unpaired) electrons. The lowest BCUT2D eigenvalue weighted by Gasteiger charge is -2.03. The fourth-order valence-electron chi connectivity index (χ4n) is 1.44. The average Bonchev–Trinajstić information content (AvgIpc) is 2.68. The molecule has 1 aromatic heterocycles. The van der Waals surface area contributed by atoms with Crippen molar-refractivity contribution in [2.24, 2.45) is 0 Å². The fraction of sp³-hybridized carbons (Fsp3) is 0.333. The highest BCUT2D eigenvalue weighted by atomic mass is 32.1. The monoisotopic (exact) mass is 251 g/mol. The number of nitrogens with zero attached hydrogens (tertiary/aromatic N) is 2. The average molecular weight is 251 g/mol. The molecule has 0 atom stereocenters. The molecule has 0 fully saturated rings. The van der Waals surface area contributed by atoms with Crippen molar-refractivity contribution in [3.05, 3.63) is 41.5 Å². The van der Waals surface area contributed by atoms with E-state index in [9.17, 15) is 4.39 Å². The molecule has 17 heavy (non-hydrogen) atoms. The molecule has 90 valence electrons. The van der Waals surface area contributed by atoms with Gasteiger partial charge >= 0.3 is 0 Å². The smallest absolute Gasteiger partial charge is 0.202 e. The fourth-order valence-corrected chi connectivity index (χ4v) is 2.18. The van der Waals surface area contributed by atoms with E-state index in [1.54, 1.807) is 12.1 Å². The number of nitrogens with one attached hydrogen (secondary N) is 1. The Bertz CT molecular complexity index is 496. The Hall–Kier alpha value is -1.49. The summed E-state index contributed by atoms with van der Waals surface area (Å²) in [6.45, 7) is 4.08. The second-order valence-electron chi connectivity index (χ2n) is 4.08. The zero-order valence-corrected chi connectivity index (χ0v) is 10.6. The summed E-state index contributed by atoms with van der Waals surface area (Å²) in [6, 6.07) is 7.03. The Balaban J connectivity index is 2.09. The SMILES string of the molecule is CC(C)Nc1nc(Cc2ccccc2F)ns1. The van der Waals surface area contributed by atoms with Crippen LogP contribution < -0.4 is 5.32 Å². The van der Waals surface area contributed by atoms with Gasteiger partial charge in [-0.2, -0.15) is 4.37 Å². The van der Waals surface area contributed by atoms with Crippen LogP contribution in [0, 0.1) is 5.82 Å². The van der Waals surface area contributed by atoms with Crippen LogP contribution in [0.4, 0.5) is 9.52 Å². The normalized spacial score (nSPS) is 10.8. The molecule has 2 rings (SSSR count). The van der Waals surface area contributed by atoms with Crippen LogP contribution in [0.2, 0.25) is 0 Å². The standard InChI is InChI=1S/C12H14FN3S/c1-8(2)14-12-15-11(16-17-12)7-9-5-3-4-6-10(9)13/h3-6,8H,7H2,1-2H3,(H,14,15,16). The lowest BCUT2D eigenvalue weighted by atomic mass is 10.1. The summed E-state index contributed by atoms with van der Waals surface area (Å²) in [5.74, 6) is 0.448. The van der Waals surface area contributed by atoms with Crippen LogP contribution in [0.5, 0.6) is 0 Å². The van der Waals surface area contributed by atoms with Gasteiger partial charge < -0.3 is 5.32 Å². The van der Waals surface area contributed by atoms with E-state index < -0.39 is 0 Å². The minimum Gasteiger partial charge on any atom is -0.358 e. The predicted molar refractivity (Wildman–Crippen MR) is 67.9 cm³/mol. The van der Waals surface area contributed by atoms with Gasteiger partial charge in [0.2, 0.25) is 5.13 Å². The molecule has 1 aromatic carbocycles. The van der Waals surface area contributed by atoms with Gasteiger partial charge in [0, 0.05) is 24.0 Å². The summed E-state index contributed by atoms with van der Waals surface area (Å²) in [5, 5.41) is 3.96. The quantitative estimate of drug-likeness (QED) is 0.907. The molecule has 1 heterocycles. The van der Waals surface area contributed by atoms with Gasteiger partial charge in [-0.1, -0.05) is 18.2 Å². The maximum Gasteiger partial charge on any atom is 0.202 e. The molecular weight excluding hydrogens is 237 g/mol. The molecule has 0 spiro atoms. The Kier molecular flexibility index (Phi) is 3.68. The predicted octanol–water partition coefficient (Wildman–Crippen LogP) is 3.09. The van der Waals surface area contributed by atoms with Crippen molar-refractivity contribution in [3.8, 4) is 0 Å². The lowest BCUT2D eigenvalue weighted by molar-refractivity contribution is 0.612. The highest BCUT2D eigenvalue weighted by molar-refractivity contribution is 7.09. The van der Waals surface area contributed by atoms with Gasteiger partial charge in [0.25, 0.3) is 0 Å². The minimum absolute atomic E-state index is 0.208. The summed E-state index contributed by atoms with van der Waals surface area (Å²) in [7, 11) is 0. The van der Waals surface area contributed by atoms with E-state index >= 15 is 0 Å². The molecule has 3 nitrogen and oxygen atoms in total. The van der Waals surface area contributed by atoms with Crippen LogP contribution in [0.25, 0.3) is 0 Å². The van der Waals surface area contributed by atoms with E-state index in [0.29, 0.717) is 23.9 Å². The van der Waals surface area contributed by atoms with Gasteiger partial charge in [-0.3, -0.25) is 0 Å². The second-order valence-corrected chi connectivity index (χ2v) is 4.83. The summed E-state index contributed by atoms with van der Waals surface area (Å²) in [4.78, 5) is 4.32. The van der Waals surface area contributed by atoms with E-state index in [2.05, 4.69) is 14.7 Å². The van der Waals surface area contributed by atoms with Crippen LogP contribution >= 0.6 is 11.5 Å². The second kappa shape index (κ2) is 5.23. The van der Waals surface area contributed by atoms with Crippen molar-refractivity contribution in [2.75, 3.05) is 5.32 Å². The van der Waals surface area contributed by atoms with E-state index in [1.807, 2.05) is 19.9 Å². The van der Waals surface area contributed by atoms with E-state index in [0.717, 1.165) is 5.13 Å². The largest absolute Gasteiger partial charge is 0.358 e. The molecule has 5 heteroatoms. The van der Waals surface area contributed by atoms with Crippen molar-refractivity contribution >= 4 is 16.7 Å². The van der Waals surface area contributed by atoms with E-state index in [1.165, 1.54) is 17.6 Å². The molecule has 0 aliphatic carbocycles. The van der Waals surface area contributed by atoms with Crippen LogP contribution in [0.15, 0.2) is 24.3 Å². The van der Waals surface area contributed by atoms with Gasteiger partial charge in [-0.25, -0.2) is 9.37 Å². The highest BCUT2D eigenvalue weighted by Gasteiger charge is 2.08. The third-order valence-electron chi connectivity index (χ3n) is 2.19. The molecule has 0 unspecified atom stereocenters. The van der Waals surface area contributed by atoms with Crippen molar-refractivity contribution in [1.82, 2.24) is 9.36 Å². The van der Waals surface area contributed by atoms with Crippen molar-refractivity contribution in [3.63, 3.8) is 0 Å². The van der Waals surface area contributed by atoms with Gasteiger partial charge in [0.1, 0.15) is 11.6 Å². The third kappa shape index (κ3) is 3.23. The number of hydrogen-bond acceptors (Lipinski definition) is 4. The first-order valence-electron chi connectivity index (χ1n) is 5.47. The zero-order chi connectivity index (χ0) is 12.3. The number of aromatic nitrogens is 2. The molecule has 0 bridgehead atoms. The highest BCUT2D eigenvalue weighted by Crippen LogP contribution is 2.16. The molecule has 1 N–H and O–H groups in total. The van der Waals surface area contributed by atoms with Crippen LogP contribution in [0.1, 0.15) is 25.2 Å². The third-order valence-corrected chi connectivity index (χ3v) is 2.87. The molecule has 0 aliphatic rings. The molecule has 0 amide bonds. The van der Waals surface area contributed by atoms with Crippen LogP contribution in [-0.4, -0.2) is 15.4 Å². The maximum absolute atomic E-state index is 13.4. The number of anilines is 1. The molecule has 0 aliphatic heterocycles. The molecule has 0 saturated heterocycles. The van der Waals surface area contributed by atoms with E-state index in [4.69, 9.17) is 0 Å². The minimum atomic E-state index is -0.208. The molecule has 2 aromatic rings. The van der Waals surface area contributed by atoms with Crippen molar-refractivity contribution in [1.29, 1.82) is 0 Å². The Morgan fingerprint density at radius 3 is 2.82 bits per heavy atom. The zero-order valence-electron chi connectivity index (χ0n) is 9.77. The molecule has 0 saturated carbocycles. The van der Waals surface area contributed by atoms with Crippen LogP contribution in [-0.2, 0) is 6.42 Å². The Morgan fingerprint density at radius 2 is 2.12 bits per heavy atom.